The van der Waals surface area contributed by atoms with Gasteiger partial charge in [0.15, 0.2) is 6.10 Å². The van der Waals surface area contributed by atoms with Crippen LogP contribution in [0.2, 0.25) is 0 Å². The summed E-state index contributed by atoms with van der Waals surface area (Å²) in [4.78, 5) is 24.7. The number of rotatable bonds is 8. The van der Waals surface area contributed by atoms with Crippen LogP contribution in [-0.4, -0.2) is 27.8 Å². The Hall–Kier alpha value is -3.41. The summed E-state index contributed by atoms with van der Waals surface area (Å²) >= 11 is 0. The highest BCUT2D eigenvalue weighted by Gasteiger charge is 2.20. The normalized spacial score (nSPS) is 12.8. The number of carbonyl (C=O) groups excluding carboxylic acids is 2. The zero-order valence-electron chi connectivity index (χ0n) is 17.5. The summed E-state index contributed by atoms with van der Waals surface area (Å²) in [5, 5.41) is 7.02. The van der Waals surface area contributed by atoms with E-state index >= 15 is 0 Å². The first-order chi connectivity index (χ1) is 14.5. The Balaban J connectivity index is 1.54. The van der Waals surface area contributed by atoms with E-state index in [1.807, 2.05) is 61.5 Å². The zero-order valence-corrected chi connectivity index (χ0v) is 17.5. The molecule has 3 rings (SSSR count). The van der Waals surface area contributed by atoms with E-state index in [0.29, 0.717) is 5.82 Å². The Labute approximate surface area is 176 Å². The number of benzene rings is 2. The molecule has 0 unspecified atom stereocenters. The lowest BCUT2D eigenvalue weighted by atomic mass is 10.0. The Morgan fingerprint density at radius 2 is 1.67 bits per heavy atom. The fraction of sp³-hybridized carbons (Fsp3) is 0.292. The van der Waals surface area contributed by atoms with Crippen LogP contribution in [0.25, 0.3) is 11.1 Å². The van der Waals surface area contributed by atoms with Gasteiger partial charge in [0.2, 0.25) is 0 Å². The summed E-state index contributed by atoms with van der Waals surface area (Å²) < 4.78 is 7.08. The maximum atomic E-state index is 12.4. The van der Waals surface area contributed by atoms with E-state index in [2.05, 4.69) is 17.3 Å². The van der Waals surface area contributed by atoms with Gasteiger partial charge in [0, 0.05) is 6.07 Å². The molecule has 0 saturated heterocycles. The van der Waals surface area contributed by atoms with Crippen molar-refractivity contribution in [1.29, 1.82) is 0 Å². The van der Waals surface area contributed by atoms with E-state index < -0.39 is 12.1 Å². The third-order valence-corrected chi connectivity index (χ3v) is 5.02. The van der Waals surface area contributed by atoms with Crippen molar-refractivity contribution in [2.24, 2.45) is 0 Å². The summed E-state index contributed by atoms with van der Waals surface area (Å²) in [6, 6.07) is 19.7. The molecule has 0 spiro atoms. The van der Waals surface area contributed by atoms with Gasteiger partial charge < -0.3 is 10.1 Å². The van der Waals surface area contributed by atoms with Gasteiger partial charge in [-0.3, -0.25) is 9.59 Å². The first-order valence-electron chi connectivity index (χ1n) is 10.2. The summed E-state index contributed by atoms with van der Waals surface area (Å²) in [5.74, 6) is -0.234. The quantitative estimate of drug-likeness (QED) is 0.555. The first kappa shape index (κ1) is 21.3. The van der Waals surface area contributed by atoms with E-state index in [1.165, 1.54) is 0 Å². The molecule has 2 atom stereocenters. The van der Waals surface area contributed by atoms with Crippen molar-refractivity contribution in [1.82, 2.24) is 9.78 Å². The number of carbonyl (C=O) groups is 2. The summed E-state index contributed by atoms with van der Waals surface area (Å²) in [6.07, 6.45) is 1.73. The van der Waals surface area contributed by atoms with Gasteiger partial charge in [-0.2, -0.15) is 5.10 Å². The topological polar surface area (TPSA) is 73.2 Å². The second-order valence-corrected chi connectivity index (χ2v) is 7.28. The van der Waals surface area contributed by atoms with Crippen LogP contribution in [0.4, 0.5) is 5.82 Å². The standard InChI is InChI=1S/C24H27N3O3/c1-4-17(2)27-22(14-15-25-27)26-24(29)18(3)30-23(28)16-19-10-12-21(13-11-19)20-8-6-5-7-9-20/h5-15,17-18H,4,16H2,1-3H3,(H,26,29)/t17-,18+/m1/s1. The maximum Gasteiger partial charge on any atom is 0.311 e. The average molecular weight is 405 g/mol. The highest BCUT2D eigenvalue weighted by Crippen LogP contribution is 2.20. The molecule has 0 fully saturated rings. The van der Waals surface area contributed by atoms with Crippen LogP contribution in [0.1, 0.15) is 38.8 Å². The fourth-order valence-corrected chi connectivity index (χ4v) is 3.07. The highest BCUT2D eigenvalue weighted by molar-refractivity contribution is 5.94. The molecule has 1 N–H and O–H groups in total. The van der Waals surface area contributed by atoms with Gasteiger partial charge in [-0.15, -0.1) is 0 Å². The van der Waals surface area contributed by atoms with Crippen LogP contribution in [-0.2, 0) is 20.7 Å². The lowest BCUT2D eigenvalue weighted by molar-refractivity contribution is -0.152. The number of anilines is 1. The van der Waals surface area contributed by atoms with Crippen LogP contribution in [0.3, 0.4) is 0 Å². The molecule has 1 heterocycles. The monoisotopic (exact) mass is 405 g/mol. The fourth-order valence-electron chi connectivity index (χ4n) is 3.07. The molecule has 0 aliphatic heterocycles. The third-order valence-electron chi connectivity index (χ3n) is 5.02. The lowest BCUT2D eigenvalue weighted by Crippen LogP contribution is -2.31. The van der Waals surface area contributed by atoms with Crippen molar-refractivity contribution < 1.29 is 14.3 Å². The minimum Gasteiger partial charge on any atom is -0.452 e. The minimum atomic E-state index is -0.902. The van der Waals surface area contributed by atoms with Crippen molar-refractivity contribution in [3.05, 3.63) is 72.4 Å². The summed E-state index contributed by atoms with van der Waals surface area (Å²) in [7, 11) is 0. The molecule has 2 aromatic carbocycles. The maximum absolute atomic E-state index is 12.4. The van der Waals surface area contributed by atoms with Crippen LogP contribution < -0.4 is 5.32 Å². The molecule has 1 amide bonds. The van der Waals surface area contributed by atoms with Gasteiger partial charge >= 0.3 is 5.97 Å². The van der Waals surface area contributed by atoms with Crippen LogP contribution in [0.5, 0.6) is 0 Å². The van der Waals surface area contributed by atoms with Crippen molar-refractivity contribution >= 4 is 17.7 Å². The lowest BCUT2D eigenvalue weighted by Gasteiger charge is -2.17. The van der Waals surface area contributed by atoms with Crippen molar-refractivity contribution in [2.75, 3.05) is 5.32 Å². The number of hydrogen-bond donors (Lipinski definition) is 1. The largest absolute Gasteiger partial charge is 0.452 e. The SMILES string of the molecule is CC[C@@H](C)n1nccc1NC(=O)[C@H](C)OC(=O)Cc1ccc(-c2ccccc2)cc1. The minimum absolute atomic E-state index is 0.109. The molecule has 6 nitrogen and oxygen atoms in total. The van der Waals surface area contributed by atoms with Crippen LogP contribution in [0, 0.1) is 0 Å². The predicted octanol–water partition coefficient (Wildman–Crippen LogP) is 4.63. The second kappa shape index (κ2) is 9.87. The van der Waals surface area contributed by atoms with Gasteiger partial charge in [0.25, 0.3) is 5.91 Å². The van der Waals surface area contributed by atoms with Crippen molar-refractivity contribution in [3.63, 3.8) is 0 Å². The molecule has 0 aliphatic rings. The van der Waals surface area contributed by atoms with E-state index in [0.717, 1.165) is 23.1 Å². The van der Waals surface area contributed by atoms with Crippen LogP contribution >= 0.6 is 0 Å². The Kier molecular flexibility index (Phi) is 7.01. The van der Waals surface area contributed by atoms with E-state index in [1.54, 1.807) is 23.9 Å². The Bertz CT molecular complexity index is 980. The molecular formula is C24H27N3O3. The van der Waals surface area contributed by atoms with Gasteiger partial charge in [0.05, 0.1) is 18.7 Å². The molecule has 0 aliphatic carbocycles. The zero-order chi connectivity index (χ0) is 21.5. The average Bonchev–Trinajstić information content (AvgIpc) is 3.22. The Morgan fingerprint density at radius 3 is 2.33 bits per heavy atom. The molecule has 3 aromatic rings. The molecule has 30 heavy (non-hydrogen) atoms. The molecule has 0 bridgehead atoms. The van der Waals surface area contributed by atoms with E-state index in [9.17, 15) is 9.59 Å². The number of nitrogens with zero attached hydrogens (tertiary/aromatic N) is 2. The highest BCUT2D eigenvalue weighted by atomic mass is 16.5. The summed E-state index contributed by atoms with van der Waals surface area (Å²) in [6.45, 7) is 5.64. The van der Waals surface area contributed by atoms with Crippen molar-refractivity contribution in [2.45, 2.75) is 45.8 Å². The van der Waals surface area contributed by atoms with Crippen LogP contribution in [0.15, 0.2) is 66.9 Å². The smallest absolute Gasteiger partial charge is 0.311 e. The molecular weight excluding hydrogens is 378 g/mol. The van der Waals surface area contributed by atoms with Gasteiger partial charge in [-0.05, 0) is 37.0 Å². The number of esters is 1. The third kappa shape index (κ3) is 5.35. The molecule has 0 radical (unpaired) electrons. The number of nitrogens with one attached hydrogen (secondary N) is 1. The van der Waals surface area contributed by atoms with E-state index in [-0.39, 0.29) is 18.4 Å². The molecule has 1 aromatic heterocycles. The first-order valence-corrected chi connectivity index (χ1v) is 10.2. The predicted molar refractivity (Wildman–Crippen MR) is 117 cm³/mol. The van der Waals surface area contributed by atoms with E-state index in [4.69, 9.17) is 4.74 Å². The molecule has 6 heteroatoms. The second-order valence-electron chi connectivity index (χ2n) is 7.28. The summed E-state index contributed by atoms with van der Waals surface area (Å²) in [5.41, 5.74) is 3.04. The van der Waals surface area contributed by atoms with Gasteiger partial charge in [0.1, 0.15) is 5.82 Å². The Morgan fingerprint density at radius 1 is 1.00 bits per heavy atom. The number of ether oxygens (including phenoxy) is 1. The van der Waals surface area contributed by atoms with Crippen molar-refractivity contribution in [3.8, 4) is 11.1 Å². The molecule has 0 saturated carbocycles. The number of amides is 1. The number of hydrogen-bond acceptors (Lipinski definition) is 4. The molecule has 156 valence electrons. The number of aromatic nitrogens is 2. The van der Waals surface area contributed by atoms with Gasteiger partial charge in [-0.25, -0.2) is 4.68 Å². The van der Waals surface area contributed by atoms with Gasteiger partial charge in [-0.1, -0.05) is 61.5 Å².